The molecule has 0 aromatic heterocycles. The van der Waals surface area contributed by atoms with Gasteiger partial charge in [-0.15, -0.1) is 0 Å². The zero-order valence-corrected chi connectivity index (χ0v) is 10.6. The summed E-state index contributed by atoms with van der Waals surface area (Å²) in [5, 5.41) is 11.6. The summed E-state index contributed by atoms with van der Waals surface area (Å²) in [4.78, 5) is 11.7. The molecule has 0 heterocycles. The molecular weight excluding hydrogens is 272 g/mol. The van der Waals surface area contributed by atoms with Gasteiger partial charge in [0.15, 0.2) is 0 Å². The topological polar surface area (TPSA) is 75.3 Å². The van der Waals surface area contributed by atoms with Crippen LogP contribution in [0, 0.1) is 5.92 Å². The number of nitrogens with two attached hydrogens (primary N) is 1. The van der Waals surface area contributed by atoms with Crippen molar-refractivity contribution < 1.29 is 9.90 Å². The van der Waals surface area contributed by atoms with Crippen LogP contribution in [0.25, 0.3) is 0 Å². The first-order valence-electron chi connectivity index (χ1n) is 4.98. The molecular formula is C11H15BrN2O2. The lowest BCUT2D eigenvalue weighted by atomic mass is 10.1. The van der Waals surface area contributed by atoms with Crippen LogP contribution in [0.4, 0.5) is 5.69 Å². The molecule has 0 spiro atoms. The highest BCUT2D eigenvalue weighted by Gasteiger charge is 2.10. The second-order valence-corrected chi connectivity index (χ2v) is 4.65. The Morgan fingerprint density at radius 3 is 2.94 bits per heavy atom. The molecule has 0 fully saturated rings. The molecule has 16 heavy (non-hydrogen) atoms. The molecule has 0 saturated carbocycles. The van der Waals surface area contributed by atoms with Gasteiger partial charge in [-0.25, -0.2) is 0 Å². The Kier molecular flexibility index (Phi) is 4.76. The first kappa shape index (κ1) is 13.0. The zero-order chi connectivity index (χ0) is 12.1. The Bertz CT molecular complexity index is 382. The summed E-state index contributed by atoms with van der Waals surface area (Å²) in [5.74, 6) is -0.184. The van der Waals surface area contributed by atoms with Gasteiger partial charge in [-0.3, -0.25) is 4.79 Å². The molecule has 0 saturated heterocycles. The van der Waals surface area contributed by atoms with E-state index in [0.29, 0.717) is 17.8 Å². The minimum Gasteiger partial charge on any atom is -0.398 e. The fourth-order valence-corrected chi connectivity index (χ4v) is 1.51. The van der Waals surface area contributed by atoms with Crippen LogP contribution in [0.5, 0.6) is 0 Å². The first-order chi connectivity index (χ1) is 7.54. The molecule has 5 heteroatoms. The van der Waals surface area contributed by atoms with Crippen molar-refractivity contribution in [1.29, 1.82) is 0 Å². The van der Waals surface area contributed by atoms with Gasteiger partial charge in [0, 0.05) is 23.3 Å². The molecule has 0 radical (unpaired) electrons. The van der Waals surface area contributed by atoms with E-state index in [1.54, 1.807) is 18.2 Å². The average Bonchev–Trinajstić information content (AvgIpc) is 2.28. The second-order valence-electron chi connectivity index (χ2n) is 3.73. The van der Waals surface area contributed by atoms with Crippen molar-refractivity contribution in [2.75, 3.05) is 18.9 Å². The number of halogens is 1. The molecule has 4 N–H and O–H groups in total. The maximum absolute atomic E-state index is 11.7. The summed E-state index contributed by atoms with van der Waals surface area (Å²) in [6, 6.07) is 5.13. The van der Waals surface area contributed by atoms with Gasteiger partial charge in [-0.1, -0.05) is 22.9 Å². The van der Waals surface area contributed by atoms with Gasteiger partial charge in [-0.2, -0.15) is 0 Å². The van der Waals surface area contributed by atoms with E-state index < -0.39 is 0 Å². The molecule has 88 valence electrons. The van der Waals surface area contributed by atoms with Gasteiger partial charge in [0.2, 0.25) is 0 Å². The number of hydrogen-bond donors (Lipinski definition) is 3. The van der Waals surface area contributed by atoms with Crippen LogP contribution in [-0.4, -0.2) is 24.2 Å². The first-order valence-corrected chi connectivity index (χ1v) is 5.78. The highest BCUT2D eigenvalue weighted by atomic mass is 79.9. The lowest BCUT2D eigenvalue weighted by Gasteiger charge is -2.11. The Morgan fingerprint density at radius 1 is 1.62 bits per heavy atom. The quantitative estimate of drug-likeness (QED) is 0.732. The third-order valence-electron chi connectivity index (χ3n) is 2.18. The van der Waals surface area contributed by atoms with E-state index in [0.717, 1.165) is 4.47 Å². The van der Waals surface area contributed by atoms with Gasteiger partial charge in [0.25, 0.3) is 5.91 Å². The van der Waals surface area contributed by atoms with Crippen molar-refractivity contribution in [3.05, 3.63) is 28.2 Å². The van der Waals surface area contributed by atoms with E-state index in [1.807, 2.05) is 6.92 Å². The molecule has 0 aliphatic heterocycles. The number of benzene rings is 1. The molecule has 0 aliphatic carbocycles. The van der Waals surface area contributed by atoms with Gasteiger partial charge in [0.1, 0.15) is 0 Å². The van der Waals surface area contributed by atoms with Crippen LogP contribution in [0.15, 0.2) is 22.7 Å². The summed E-state index contributed by atoms with van der Waals surface area (Å²) in [6.45, 7) is 2.33. The van der Waals surface area contributed by atoms with Crippen LogP contribution in [-0.2, 0) is 0 Å². The third-order valence-corrected chi connectivity index (χ3v) is 2.68. The van der Waals surface area contributed by atoms with Crippen molar-refractivity contribution >= 4 is 27.5 Å². The SMILES string of the molecule is CC(CO)CNC(=O)c1cc(Br)ccc1N. The smallest absolute Gasteiger partial charge is 0.253 e. The third kappa shape index (κ3) is 3.50. The van der Waals surface area contributed by atoms with Gasteiger partial charge < -0.3 is 16.2 Å². The van der Waals surface area contributed by atoms with Crippen molar-refractivity contribution in [3.8, 4) is 0 Å². The molecule has 1 aromatic carbocycles. The number of carbonyl (C=O) groups excluding carboxylic acids is 1. The number of anilines is 1. The lowest BCUT2D eigenvalue weighted by molar-refractivity contribution is 0.0943. The number of nitrogens with one attached hydrogen (secondary N) is 1. The molecule has 4 nitrogen and oxygen atoms in total. The van der Waals surface area contributed by atoms with Crippen LogP contribution < -0.4 is 11.1 Å². The molecule has 1 amide bonds. The van der Waals surface area contributed by atoms with Crippen molar-refractivity contribution in [2.24, 2.45) is 5.92 Å². The summed E-state index contributed by atoms with van der Waals surface area (Å²) < 4.78 is 0.807. The molecule has 0 aliphatic rings. The Morgan fingerprint density at radius 2 is 2.31 bits per heavy atom. The lowest BCUT2D eigenvalue weighted by Crippen LogP contribution is -2.30. The Labute approximate surface area is 103 Å². The Balaban J connectivity index is 2.69. The number of rotatable bonds is 4. The summed E-state index contributed by atoms with van der Waals surface area (Å²) >= 11 is 3.28. The fourth-order valence-electron chi connectivity index (χ4n) is 1.15. The number of aliphatic hydroxyl groups excluding tert-OH is 1. The van der Waals surface area contributed by atoms with Crippen LogP contribution >= 0.6 is 15.9 Å². The number of amides is 1. The standard InChI is InChI=1S/C11H15BrN2O2/c1-7(6-15)5-14-11(16)9-4-8(12)2-3-10(9)13/h2-4,7,15H,5-6,13H2,1H3,(H,14,16). The number of hydrogen-bond acceptors (Lipinski definition) is 3. The largest absolute Gasteiger partial charge is 0.398 e. The summed E-state index contributed by atoms with van der Waals surface area (Å²) in [6.07, 6.45) is 0. The van der Waals surface area contributed by atoms with Crippen molar-refractivity contribution in [1.82, 2.24) is 5.32 Å². The van der Waals surface area contributed by atoms with E-state index >= 15 is 0 Å². The maximum Gasteiger partial charge on any atom is 0.253 e. The Hall–Kier alpha value is -1.07. The molecule has 0 bridgehead atoms. The molecule has 1 rings (SSSR count). The predicted molar refractivity (Wildman–Crippen MR) is 67.1 cm³/mol. The highest BCUT2D eigenvalue weighted by Crippen LogP contribution is 2.18. The predicted octanol–water partition coefficient (Wildman–Crippen LogP) is 1.39. The average molecular weight is 287 g/mol. The minimum absolute atomic E-state index is 0.0392. The van der Waals surface area contributed by atoms with Gasteiger partial charge in [-0.05, 0) is 24.1 Å². The zero-order valence-electron chi connectivity index (χ0n) is 9.03. The fraction of sp³-hybridized carbons (Fsp3) is 0.364. The van der Waals surface area contributed by atoms with Crippen molar-refractivity contribution in [2.45, 2.75) is 6.92 Å². The van der Waals surface area contributed by atoms with Crippen LogP contribution in [0.3, 0.4) is 0 Å². The molecule has 1 unspecified atom stereocenters. The van der Waals surface area contributed by atoms with Crippen LogP contribution in [0.2, 0.25) is 0 Å². The number of aliphatic hydroxyl groups is 1. The normalized spacial score (nSPS) is 12.2. The van der Waals surface area contributed by atoms with Crippen molar-refractivity contribution in [3.63, 3.8) is 0 Å². The van der Waals surface area contributed by atoms with E-state index in [9.17, 15) is 4.79 Å². The van der Waals surface area contributed by atoms with E-state index in [4.69, 9.17) is 10.8 Å². The molecule has 1 aromatic rings. The summed E-state index contributed by atoms with van der Waals surface area (Å²) in [7, 11) is 0. The van der Waals surface area contributed by atoms with Gasteiger partial charge >= 0.3 is 0 Å². The van der Waals surface area contributed by atoms with Gasteiger partial charge in [0.05, 0.1) is 5.56 Å². The van der Waals surface area contributed by atoms with E-state index in [1.165, 1.54) is 0 Å². The molecule has 1 atom stereocenters. The summed E-state index contributed by atoms with van der Waals surface area (Å²) in [5.41, 5.74) is 6.58. The van der Waals surface area contributed by atoms with E-state index in [-0.39, 0.29) is 18.4 Å². The highest BCUT2D eigenvalue weighted by molar-refractivity contribution is 9.10. The second kappa shape index (κ2) is 5.86. The monoisotopic (exact) mass is 286 g/mol. The minimum atomic E-state index is -0.223. The number of nitrogen functional groups attached to an aromatic ring is 1. The van der Waals surface area contributed by atoms with E-state index in [2.05, 4.69) is 21.2 Å². The maximum atomic E-state index is 11.7. The number of carbonyl (C=O) groups is 1. The van der Waals surface area contributed by atoms with Crippen LogP contribution in [0.1, 0.15) is 17.3 Å².